The second-order valence-electron chi connectivity index (χ2n) is 14.5. The molecule has 19 nitrogen and oxygen atoms in total. The number of carbonyl (C=O) groups excluding carboxylic acids is 1. The van der Waals surface area contributed by atoms with Crippen LogP contribution >= 0.6 is 0 Å². The number of anilines is 1. The number of methoxy groups -OCH3 is 2. The summed E-state index contributed by atoms with van der Waals surface area (Å²) in [5, 5.41) is 25.0. The molecule has 1 amide bonds. The third kappa shape index (κ3) is 8.85. The van der Waals surface area contributed by atoms with E-state index in [9.17, 15) is 33.2 Å². The molecule has 62 heavy (non-hydrogen) atoms. The molecule has 0 unspecified atom stereocenters. The van der Waals surface area contributed by atoms with Crippen molar-refractivity contribution in [3.8, 4) is 17.2 Å². The molecular formula is C42H43N7O12S. The molecule has 4 N–H and O–H groups in total. The zero-order valence-electron chi connectivity index (χ0n) is 33.8. The number of rotatable bonds is 17. The molecule has 0 bridgehead atoms. The summed E-state index contributed by atoms with van der Waals surface area (Å²) in [5.74, 6) is -1.05. The Morgan fingerprint density at radius 3 is 2.06 bits per heavy atom. The highest BCUT2D eigenvalue weighted by Gasteiger charge is 2.52. The number of nitrogens with zero attached hydrogens (tertiary/aromatic N) is 4. The number of aromatic nitrogens is 4. The van der Waals surface area contributed by atoms with E-state index in [1.807, 2.05) is 54.6 Å². The van der Waals surface area contributed by atoms with E-state index in [4.69, 9.17) is 23.1 Å². The molecule has 2 aromatic heterocycles. The molecule has 324 valence electrons. The van der Waals surface area contributed by atoms with Crippen molar-refractivity contribution in [1.82, 2.24) is 24.2 Å². The van der Waals surface area contributed by atoms with E-state index in [0.29, 0.717) is 28.2 Å². The summed E-state index contributed by atoms with van der Waals surface area (Å²) in [7, 11) is -1.49. The number of nitrogens with one attached hydrogen (secondary N) is 3. The molecule has 1 aliphatic heterocycles. The van der Waals surface area contributed by atoms with E-state index in [1.54, 1.807) is 52.3 Å². The van der Waals surface area contributed by atoms with Crippen molar-refractivity contribution in [2.24, 2.45) is 11.8 Å². The standard InChI is InChI=1S/C42H43N7O12S/c1-25(2)38(51)46-41-45-37-35(39(52)47-41)43-24-48(37)40-36(33(23-50)34(59-40)22-44-62(55,56)61-32-20-14-29(15-21-32)49(53)54)60-42(26-8-6-5-7-9-26,27-10-16-30(57-3)17-11-27)28-12-18-31(58-4)19-13-28/h5-21,24-25,33-34,36,40,44,50H,22-23H2,1-4H3,(H2,45,46,47,51,52)/t33-,34-,36-,40-/m1/s1. The number of hydrogen-bond acceptors (Lipinski definition) is 14. The number of nitro groups is 1. The van der Waals surface area contributed by atoms with Gasteiger partial charge in [-0.3, -0.25) is 34.6 Å². The summed E-state index contributed by atoms with van der Waals surface area (Å²) < 4.78 is 60.7. The highest BCUT2D eigenvalue weighted by atomic mass is 32.2. The predicted octanol–water partition coefficient (Wildman–Crippen LogP) is 4.44. The van der Waals surface area contributed by atoms with Crippen LogP contribution in [0.15, 0.2) is 114 Å². The molecule has 1 saturated heterocycles. The summed E-state index contributed by atoms with van der Waals surface area (Å²) in [6, 6.07) is 28.3. The summed E-state index contributed by atoms with van der Waals surface area (Å²) >= 11 is 0. The number of aliphatic hydroxyl groups excluding tert-OH is 1. The van der Waals surface area contributed by atoms with Crippen molar-refractivity contribution in [3.05, 3.63) is 147 Å². The number of hydrogen-bond donors (Lipinski definition) is 4. The molecule has 0 spiro atoms. The highest BCUT2D eigenvalue weighted by molar-refractivity contribution is 7.85. The average Bonchev–Trinajstić information content (AvgIpc) is 3.86. The Labute approximate surface area is 355 Å². The Kier molecular flexibility index (Phi) is 12.7. The SMILES string of the molecule is COc1ccc(C(O[C@@H]2[C@H](CO)[C@@H](CNS(=O)(=O)Oc3ccc([N+](=O)[O-])cc3)O[C@H]2n2cnc3c(=O)[nH]c(NC(=O)C(C)C)nc32)(c2ccccc2)c2ccc(OC)cc2)cc1. The van der Waals surface area contributed by atoms with Crippen molar-refractivity contribution in [2.45, 2.75) is 37.9 Å². The second-order valence-corrected chi connectivity index (χ2v) is 15.9. The molecule has 6 aromatic rings. The highest BCUT2D eigenvalue weighted by Crippen LogP contribution is 2.48. The number of carbonyl (C=O) groups is 1. The molecular weight excluding hydrogens is 827 g/mol. The first-order chi connectivity index (χ1) is 29.8. The smallest absolute Gasteiger partial charge is 0.382 e. The van der Waals surface area contributed by atoms with E-state index >= 15 is 0 Å². The van der Waals surface area contributed by atoms with Crippen molar-refractivity contribution in [2.75, 3.05) is 32.7 Å². The summed E-state index contributed by atoms with van der Waals surface area (Å²) in [6.07, 6.45) is -2.26. The van der Waals surface area contributed by atoms with Gasteiger partial charge in [-0.2, -0.15) is 18.1 Å². The molecule has 0 radical (unpaired) electrons. The van der Waals surface area contributed by atoms with E-state index in [0.717, 1.165) is 24.3 Å². The van der Waals surface area contributed by atoms with E-state index in [-0.39, 0.29) is 28.5 Å². The van der Waals surface area contributed by atoms with Gasteiger partial charge in [-0.25, -0.2) is 4.98 Å². The summed E-state index contributed by atoms with van der Waals surface area (Å²) in [6.45, 7) is 2.30. The zero-order chi connectivity index (χ0) is 44.2. The Morgan fingerprint density at radius 1 is 0.935 bits per heavy atom. The minimum atomic E-state index is -4.58. The normalized spacial score (nSPS) is 17.8. The molecule has 4 aromatic carbocycles. The summed E-state index contributed by atoms with van der Waals surface area (Å²) in [5.41, 5.74) is -0.589. The van der Waals surface area contributed by atoms with Crippen LogP contribution in [0.5, 0.6) is 17.2 Å². The minimum absolute atomic E-state index is 0.00922. The lowest BCUT2D eigenvalue weighted by Gasteiger charge is -2.40. The van der Waals surface area contributed by atoms with Gasteiger partial charge in [0.15, 0.2) is 17.4 Å². The van der Waals surface area contributed by atoms with Crippen LogP contribution in [0.2, 0.25) is 0 Å². The largest absolute Gasteiger partial charge is 0.497 e. The summed E-state index contributed by atoms with van der Waals surface area (Å²) in [4.78, 5) is 48.0. The Hall–Kier alpha value is -6.71. The topological polar surface area (TPSA) is 248 Å². The number of nitro benzene ring substituents is 1. The molecule has 1 fully saturated rings. The average molecular weight is 870 g/mol. The molecule has 0 aliphatic carbocycles. The van der Waals surface area contributed by atoms with Crippen LogP contribution in [0, 0.1) is 22.0 Å². The Morgan fingerprint density at radius 2 is 1.52 bits per heavy atom. The number of benzene rings is 4. The van der Waals surface area contributed by atoms with E-state index in [2.05, 4.69) is 25.0 Å². The van der Waals surface area contributed by atoms with Crippen molar-refractivity contribution in [3.63, 3.8) is 0 Å². The van der Waals surface area contributed by atoms with Gasteiger partial charge in [0.1, 0.15) is 29.0 Å². The number of aromatic amines is 1. The fraction of sp³-hybridized carbons (Fsp3) is 0.286. The maximum absolute atomic E-state index is 13.4. The van der Waals surface area contributed by atoms with Gasteiger partial charge >= 0.3 is 10.3 Å². The van der Waals surface area contributed by atoms with Crippen LogP contribution in [-0.2, 0) is 30.2 Å². The quantitative estimate of drug-likeness (QED) is 0.0563. The maximum Gasteiger partial charge on any atom is 0.382 e. The number of imidazole rings is 1. The number of fused-ring (bicyclic) bond motifs is 1. The second kappa shape index (κ2) is 18.1. The minimum Gasteiger partial charge on any atom is -0.497 e. The van der Waals surface area contributed by atoms with E-state index < -0.39 is 75.7 Å². The van der Waals surface area contributed by atoms with E-state index in [1.165, 1.54) is 10.9 Å². The number of amides is 1. The first kappa shape index (κ1) is 43.4. The number of ether oxygens (including phenoxy) is 4. The van der Waals surface area contributed by atoms with Gasteiger partial charge in [-0.05, 0) is 53.1 Å². The first-order valence-corrected chi connectivity index (χ1v) is 20.7. The van der Waals surface area contributed by atoms with Gasteiger partial charge < -0.3 is 28.2 Å². The molecule has 3 heterocycles. The lowest BCUT2D eigenvalue weighted by atomic mass is 9.79. The van der Waals surface area contributed by atoms with Crippen molar-refractivity contribution < 1.29 is 46.4 Å². The van der Waals surface area contributed by atoms with Crippen LogP contribution in [-0.4, -0.2) is 83.5 Å². The van der Waals surface area contributed by atoms with Crippen LogP contribution in [0.3, 0.4) is 0 Å². The molecule has 4 atom stereocenters. The van der Waals surface area contributed by atoms with Gasteiger partial charge in [0.05, 0.1) is 38.2 Å². The Balaban J connectivity index is 1.36. The zero-order valence-corrected chi connectivity index (χ0v) is 34.6. The molecule has 7 rings (SSSR count). The Bertz CT molecular complexity index is 2650. The number of H-pyrrole nitrogens is 1. The van der Waals surface area contributed by atoms with Crippen LogP contribution in [0.1, 0.15) is 36.8 Å². The molecule has 0 saturated carbocycles. The van der Waals surface area contributed by atoms with Gasteiger partial charge in [0, 0.05) is 30.5 Å². The predicted molar refractivity (Wildman–Crippen MR) is 224 cm³/mol. The maximum atomic E-state index is 13.4. The van der Waals surface area contributed by atoms with Gasteiger partial charge in [0.25, 0.3) is 11.2 Å². The number of aliphatic hydroxyl groups is 1. The van der Waals surface area contributed by atoms with Crippen molar-refractivity contribution >= 4 is 39.0 Å². The molecule has 1 aliphatic rings. The van der Waals surface area contributed by atoms with Crippen LogP contribution in [0.4, 0.5) is 11.6 Å². The lowest BCUT2D eigenvalue weighted by molar-refractivity contribution is -0.384. The fourth-order valence-corrected chi connectivity index (χ4v) is 7.99. The molecule has 20 heteroatoms. The monoisotopic (exact) mass is 869 g/mol. The third-order valence-electron chi connectivity index (χ3n) is 10.4. The van der Waals surface area contributed by atoms with Crippen LogP contribution in [0.25, 0.3) is 11.2 Å². The van der Waals surface area contributed by atoms with Gasteiger partial charge in [-0.15, -0.1) is 0 Å². The van der Waals surface area contributed by atoms with Gasteiger partial charge in [-0.1, -0.05) is 68.4 Å². The third-order valence-corrected chi connectivity index (χ3v) is 11.3. The fourth-order valence-electron chi connectivity index (χ4n) is 7.20. The first-order valence-electron chi connectivity index (χ1n) is 19.3. The van der Waals surface area contributed by atoms with Gasteiger partial charge in [0.2, 0.25) is 11.9 Å². The van der Waals surface area contributed by atoms with Crippen LogP contribution < -0.4 is 29.3 Å². The lowest BCUT2D eigenvalue weighted by Crippen LogP contribution is -2.44. The number of non-ortho nitro benzene ring substituents is 1. The van der Waals surface area contributed by atoms with Crippen molar-refractivity contribution in [1.29, 1.82) is 0 Å².